The SMILES string of the molecule is CC(C)CN(CCC1(N)CCCC1)C1CCCC1. The van der Waals surface area contributed by atoms with Crippen molar-refractivity contribution in [3.05, 3.63) is 0 Å². The molecule has 2 saturated carbocycles. The van der Waals surface area contributed by atoms with E-state index in [1.165, 1.54) is 70.9 Å². The van der Waals surface area contributed by atoms with E-state index in [0.29, 0.717) is 0 Å². The molecular formula is C16H32N2. The van der Waals surface area contributed by atoms with E-state index in [2.05, 4.69) is 18.7 Å². The van der Waals surface area contributed by atoms with Crippen LogP contribution in [-0.2, 0) is 0 Å². The third-order valence-electron chi connectivity index (χ3n) is 4.94. The van der Waals surface area contributed by atoms with Crippen molar-refractivity contribution in [3.63, 3.8) is 0 Å². The normalized spacial score (nSPS) is 24.5. The lowest BCUT2D eigenvalue weighted by Gasteiger charge is -2.34. The third kappa shape index (κ3) is 3.96. The van der Waals surface area contributed by atoms with E-state index >= 15 is 0 Å². The van der Waals surface area contributed by atoms with Gasteiger partial charge in [-0.25, -0.2) is 0 Å². The summed E-state index contributed by atoms with van der Waals surface area (Å²) in [6.45, 7) is 7.19. The van der Waals surface area contributed by atoms with Gasteiger partial charge in [-0.3, -0.25) is 0 Å². The molecule has 0 atom stereocenters. The Balaban J connectivity index is 1.84. The highest BCUT2D eigenvalue weighted by Gasteiger charge is 2.31. The van der Waals surface area contributed by atoms with Crippen LogP contribution in [0.1, 0.15) is 71.6 Å². The van der Waals surface area contributed by atoms with Crippen molar-refractivity contribution in [1.29, 1.82) is 0 Å². The van der Waals surface area contributed by atoms with E-state index in [0.717, 1.165) is 12.0 Å². The fourth-order valence-electron chi connectivity index (χ4n) is 3.86. The van der Waals surface area contributed by atoms with Gasteiger partial charge in [0.2, 0.25) is 0 Å². The predicted molar refractivity (Wildman–Crippen MR) is 78.7 cm³/mol. The lowest BCUT2D eigenvalue weighted by Crippen LogP contribution is -2.44. The summed E-state index contributed by atoms with van der Waals surface area (Å²) >= 11 is 0. The Kier molecular flexibility index (Phi) is 5.08. The van der Waals surface area contributed by atoms with Crippen molar-refractivity contribution >= 4 is 0 Å². The highest BCUT2D eigenvalue weighted by Crippen LogP contribution is 2.31. The zero-order chi connectivity index (χ0) is 13.0. The molecule has 0 bridgehead atoms. The van der Waals surface area contributed by atoms with E-state index in [-0.39, 0.29) is 5.54 Å². The van der Waals surface area contributed by atoms with Crippen LogP contribution < -0.4 is 5.73 Å². The highest BCUT2D eigenvalue weighted by atomic mass is 15.2. The smallest absolute Gasteiger partial charge is 0.0166 e. The summed E-state index contributed by atoms with van der Waals surface area (Å²) in [5, 5.41) is 0. The van der Waals surface area contributed by atoms with E-state index in [9.17, 15) is 0 Å². The molecule has 2 aliphatic rings. The quantitative estimate of drug-likeness (QED) is 0.783. The Bertz CT molecular complexity index is 237. The van der Waals surface area contributed by atoms with Gasteiger partial charge in [0.05, 0.1) is 0 Å². The Morgan fingerprint density at radius 1 is 1.11 bits per heavy atom. The van der Waals surface area contributed by atoms with E-state index in [4.69, 9.17) is 5.73 Å². The maximum absolute atomic E-state index is 6.51. The van der Waals surface area contributed by atoms with Crippen LogP contribution in [-0.4, -0.2) is 29.6 Å². The van der Waals surface area contributed by atoms with Gasteiger partial charge in [0.25, 0.3) is 0 Å². The number of nitrogens with zero attached hydrogens (tertiary/aromatic N) is 1. The number of hydrogen-bond acceptors (Lipinski definition) is 2. The average Bonchev–Trinajstić information content (AvgIpc) is 2.95. The first-order valence-electron chi connectivity index (χ1n) is 8.12. The molecule has 0 aliphatic heterocycles. The zero-order valence-corrected chi connectivity index (χ0v) is 12.5. The first-order valence-corrected chi connectivity index (χ1v) is 8.12. The molecule has 0 radical (unpaired) electrons. The van der Waals surface area contributed by atoms with Crippen LogP contribution in [0.2, 0.25) is 0 Å². The molecular weight excluding hydrogens is 220 g/mol. The molecule has 0 aromatic heterocycles. The monoisotopic (exact) mass is 252 g/mol. The molecule has 2 nitrogen and oxygen atoms in total. The van der Waals surface area contributed by atoms with E-state index in [1.54, 1.807) is 0 Å². The molecule has 2 heteroatoms. The molecule has 0 saturated heterocycles. The van der Waals surface area contributed by atoms with Gasteiger partial charge in [-0.1, -0.05) is 39.5 Å². The summed E-state index contributed by atoms with van der Waals surface area (Å²) in [6.07, 6.45) is 12.2. The lowest BCUT2D eigenvalue weighted by molar-refractivity contribution is 0.160. The van der Waals surface area contributed by atoms with Gasteiger partial charge in [-0.2, -0.15) is 0 Å². The highest BCUT2D eigenvalue weighted by molar-refractivity contribution is 4.91. The van der Waals surface area contributed by atoms with Crippen LogP contribution in [0.5, 0.6) is 0 Å². The molecule has 0 aromatic rings. The van der Waals surface area contributed by atoms with Gasteiger partial charge in [0.15, 0.2) is 0 Å². The van der Waals surface area contributed by atoms with Crippen LogP contribution >= 0.6 is 0 Å². The second kappa shape index (κ2) is 6.38. The van der Waals surface area contributed by atoms with Gasteiger partial charge >= 0.3 is 0 Å². The summed E-state index contributed by atoms with van der Waals surface area (Å²) in [7, 11) is 0. The maximum Gasteiger partial charge on any atom is 0.0166 e. The zero-order valence-electron chi connectivity index (χ0n) is 12.5. The summed E-state index contributed by atoms with van der Waals surface area (Å²) < 4.78 is 0. The molecule has 0 amide bonds. The molecule has 2 rings (SSSR count). The Labute approximate surface area is 113 Å². The van der Waals surface area contributed by atoms with E-state index < -0.39 is 0 Å². The maximum atomic E-state index is 6.51. The average molecular weight is 252 g/mol. The van der Waals surface area contributed by atoms with Gasteiger partial charge in [0.1, 0.15) is 0 Å². The lowest BCUT2D eigenvalue weighted by atomic mass is 9.94. The van der Waals surface area contributed by atoms with Crippen LogP contribution in [0.3, 0.4) is 0 Å². The second-order valence-corrected chi connectivity index (χ2v) is 7.15. The minimum atomic E-state index is 0.174. The molecule has 18 heavy (non-hydrogen) atoms. The van der Waals surface area contributed by atoms with Gasteiger partial charge in [-0.05, 0) is 38.0 Å². The summed E-state index contributed by atoms with van der Waals surface area (Å²) in [5.41, 5.74) is 6.68. The Morgan fingerprint density at radius 3 is 2.28 bits per heavy atom. The number of nitrogens with two attached hydrogens (primary N) is 1. The standard InChI is InChI=1S/C16H32N2/c1-14(2)13-18(15-7-3-4-8-15)12-11-16(17)9-5-6-10-16/h14-15H,3-13,17H2,1-2H3. The molecule has 0 aromatic carbocycles. The van der Waals surface area contributed by atoms with Crippen LogP contribution in [0.4, 0.5) is 0 Å². The van der Waals surface area contributed by atoms with Gasteiger partial charge < -0.3 is 10.6 Å². The number of hydrogen-bond donors (Lipinski definition) is 1. The molecule has 0 heterocycles. The van der Waals surface area contributed by atoms with Crippen LogP contribution in [0.25, 0.3) is 0 Å². The fourth-order valence-corrected chi connectivity index (χ4v) is 3.86. The first-order chi connectivity index (χ1) is 8.59. The summed E-state index contributed by atoms with van der Waals surface area (Å²) in [6, 6.07) is 0.859. The van der Waals surface area contributed by atoms with Crippen molar-refractivity contribution in [3.8, 4) is 0 Å². The molecule has 2 fully saturated rings. The molecule has 2 aliphatic carbocycles. The van der Waals surface area contributed by atoms with Gasteiger partial charge in [0, 0.05) is 24.7 Å². The van der Waals surface area contributed by atoms with Crippen molar-refractivity contribution in [2.75, 3.05) is 13.1 Å². The summed E-state index contributed by atoms with van der Waals surface area (Å²) in [4.78, 5) is 2.75. The predicted octanol–water partition coefficient (Wildman–Crippen LogP) is 3.55. The van der Waals surface area contributed by atoms with Crippen LogP contribution in [0.15, 0.2) is 0 Å². The van der Waals surface area contributed by atoms with E-state index in [1.807, 2.05) is 0 Å². The third-order valence-corrected chi connectivity index (χ3v) is 4.94. The Morgan fingerprint density at radius 2 is 1.72 bits per heavy atom. The second-order valence-electron chi connectivity index (χ2n) is 7.15. The van der Waals surface area contributed by atoms with Crippen molar-refractivity contribution < 1.29 is 0 Å². The van der Waals surface area contributed by atoms with Crippen molar-refractivity contribution in [2.24, 2.45) is 11.7 Å². The molecule has 106 valence electrons. The number of rotatable bonds is 6. The van der Waals surface area contributed by atoms with Crippen molar-refractivity contribution in [1.82, 2.24) is 4.90 Å². The largest absolute Gasteiger partial charge is 0.325 e. The minimum absolute atomic E-state index is 0.174. The Hall–Kier alpha value is -0.0800. The van der Waals surface area contributed by atoms with Crippen molar-refractivity contribution in [2.45, 2.75) is 83.2 Å². The minimum Gasteiger partial charge on any atom is -0.325 e. The first kappa shape index (κ1) is 14.3. The molecule has 0 spiro atoms. The fraction of sp³-hybridized carbons (Fsp3) is 1.00. The van der Waals surface area contributed by atoms with Crippen LogP contribution in [0, 0.1) is 5.92 Å². The molecule has 0 unspecified atom stereocenters. The summed E-state index contributed by atoms with van der Waals surface area (Å²) in [5.74, 6) is 0.780. The molecule has 2 N–H and O–H groups in total. The topological polar surface area (TPSA) is 29.3 Å². The van der Waals surface area contributed by atoms with Gasteiger partial charge in [-0.15, -0.1) is 0 Å².